The first-order chi connectivity index (χ1) is 9.51. The minimum absolute atomic E-state index is 0.297. The summed E-state index contributed by atoms with van der Waals surface area (Å²) in [6.45, 7) is 3.87. The molecule has 0 radical (unpaired) electrons. The summed E-state index contributed by atoms with van der Waals surface area (Å²) in [6, 6.07) is 9.77. The lowest BCUT2D eigenvalue weighted by Gasteiger charge is -2.12. The van der Waals surface area contributed by atoms with Crippen molar-refractivity contribution >= 4 is 29.0 Å². The fraction of sp³-hybridized carbons (Fsp3) is 0.200. The molecule has 0 aliphatic rings. The van der Waals surface area contributed by atoms with Gasteiger partial charge in [0.05, 0.1) is 5.56 Å². The van der Waals surface area contributed by atoms with Gasteiger partial charge in [-0.15, -0.1) is 11.8 Å². The van der Waals surface area contributed by atoms with Crippen LogP contribution in [0.3, 0.4) is 0 Å². The number of pyridine rings is 1. The van der Waals surface area contributed by atoms with Crippen LogP contribution in [-0.2, 0) is 0 Å². The van der Waals surface area contributed by atoms with E-state index in [1.165, 1.54) is 4.90 Å². The molecular weight excluding hydrogens is 288 g/mol. The third kappa shape index (κ3) is 3.29. The number of ether oxygens (including phenoxy) is 1. The molecule has 0 unspecified atom stereocenters. The molecule has 3 nitrogen and oxygen atoms in total. The van der Waals surface area contributed by atoms with Gasteiger partial charge in [-0.2, -0.15) is 0 Å². The Kier molecular flexibility index (Phi) is 4.62. The monoisotopic (exact) mass is 304 g/mol. The molecule has 0 aliphatic carbocycles. The van der Waals surface area contributed by atoms with E-state index in [-0.39, 0.29) is 0 Å². The molecule has 0 aliphatic heterocycles. The molecule has 2 aromatic rings. The first-order valence-corrected chi connectivity index (χ1v) is 7.74. The molecular formula is C15H16N2OS2. The highest BCUT2D eigenvalue weighted by atomic mass is 32.2. The average Bonchev–Trinajstić information content (AvgIpc) is 2.38. The van der Waals surface area contributed by atoms with Crippen molar-refractivity contribution < 1.29 is 4.74 Å². The largest absolute Gasteiger partial charge is 0.438 e. The maximum absolute atomic E-state index is 5.84. The van der Waals surface area contributed by atoms with Gasteiger partial charge in [-0.3, -0.25) is 0 Å². The van der Waals surface area contributed by atoms with E-state index in [1.54, 1.807) is 11.8 Å². The van der Waals surface area contributed by atoms with E-state index < -0.39 is 0 Å². The summed E-state index contributed by atoms with van der Waals surface area (Å²) in [5.41, 5.74) is 8.31. The lowest BCUT2D eigenvalue weighted by molar-refractivity contribution is 0.460. The number of nitrogens with two attached hydrogens (primary N) is 1. The minimum Gasteiger partial charge on any atom is -0.438 e. The first kappa shape index (κ1) is 14.8. The van der Waals surface area contributed by atoms with E-state index in [4.69, 9.17) is 22.7 Å². The van der Waals surface area contributed by atoms with Crippen LogP contribution in [0.2, 0.25) is 0 Å². The molecule has 5 heteroatoms. The minimum atomic E-state index is 0.297. The Morgan fingerprint density at radius 3 is 2.45 bits per heavy atom. The average molecular weight is 304 g/mol. The predicted molar refractivity (Wildman–Crippen MR) is 87.9 cm³/mol. The maximum Gasteiger partial charge on any atom is 0.229 e. The molecule has 0 spiro atoms. The van der Waals surface area contributed by atoms with Gasteiger partial charge in [0.25, 0.3) is 0 Å². The van der Waals surface area contributed by atoms with Crippen molar-refractivity contribution in [1.29, 1.82) is 0 Å². The highest BCUT2D eigenvalue weighted by molar-refractivity contribution is 7.98. The molecule has 0 atom stereocenters. The van der Waals surface area contributed by atoms with E-state index in [9.17, 15) is 0 Å². The van der Waals surface area contributed by atoms with Crippen LogP contribution in [0, 0.1) is 13.8 Å². The number of aryl methyl sites for hydroxylation is 2. The van der Waals surface area contributed by atoms with Crippen molar-refractivity contribution in [3.8, 4) is 11.6 Å². The number of rotatable bonds is 4. The normalized spacial score (nSPS) is 10.3. The van der Waals surface area contributed by atoms with Crippen molar-refractivity contribution in [1.82, 2.24) is 4.98 Å². The number of thioether (sulfide) groups is 1. The molecule has 0 fully saturated rings. The maximum atomic E-state index is 5.84. The van der Waals surface area contributed by atoms with Crippen molar-refractivity contribution in [2.75, 3.05) is 6.26 Å². The molecule has 1 aromatic heterocycles. The first-order valence-electron chi connectivity index (χ1n) is 6.11. The number of aromatic nitrogens is 1. The lowest BCUT2D eigenvalue weighted by atomic mass is 10.1. The fourth-order valence-corrected chi connectivity index (χ4v) is 2.59. The van der Waals surface area contributed by atoms with Gasteiger partial charge in [0.1, 0.15) is 10.7 Å². The molecule has 1 aromatic carbocycles. The van der Waals surface area contributed by atoms with Crippen LogP contribution < -0.4 is 10.5 Å². The van der Waals surface area contributed by atoms with Crippen molar-refractivity contribution in [3.63, 3.8) is 0 Å². The molecule has 0 amide bonds. The summed E-state index contributed by atoms with van der Waals surface area (Å²) < 4.78 is 5.84. The SMILES string of the molecule is CSc1ccc(Oc2nc(C)cc(C)c2C(N)=S)cc1. The summed E-state index contributed by atoms with van der Waals surface area (Å²) in [5, 5.41) is 0. The molecule has 0 saturated heterocycles. The van der Waals surface area contributed by atoms with Gasteiger partial charge in [0, 0.05) is 10.6 Å². The Morgan fingerprint density at radius 2 is 1.90 bits per heavy atom. The van der Waals surface area contributed by atoms with Crippen LogP contribution >= 0.6 is 24.0 Å². The number of hydrogen-bond donors (Lipinski definition) is 1. The van der Waals surface area contributed by atoms with E-state index in [1.807, 2.05) is 50.4 Å². The van der Waals surface area contributed by atoms with Gasteiger partial charge in [-0.1, -0.05) is 12.2 Å². The van der Waals surface area contributed by atoms with Crippen LogP contribution in [0.1, 0.15) is 16.8 Å². The second-order valence-electron chi connectivity index (χ2n) is 4.40. The third-order valence-corrected chi connectivity index (χ3v) is 3.78. The van der Waals surface area contributed by atoms with Gasteiger partial charge >= 0.3 is 0 Å². The molecule has 104 valence electrons. The van der Waals surface area contributed by atoms with Gasteiger partial charge in [0.15, 0.2) is 0 Å². The highest BCUT2D eigenvalue weighted by Gasteiger charge is 2.13. The number of benzene rings is 1. The smallest absolute Gasteiger partial charge is 0.229 e. The third-order valence-electron chi connectivity index (χ3n) is 2.83. The molecule has 2 N–H and O–H groups in total. The Balaban J connectivity index is 2.39. The zero-order valence-corrected chi connectivity index (χ0v) is 13.3. The Hall–Kier alpha value is -1.59. The van der Waals surface area contributed by atoms with E-state index in [2.05, 4.69) is 4.98 Å². The molecule has 1 heterocycles. The van der Waals surface area contributed by atoms with Crippen LogP contribution in [0.5, 0.6) is 11.6 Å². The number of hydrogen-bond acceptors (Lipinski definition) is 4. The predicted octanol–water partition coefficient (Wildman–Crippen LogP) is 3.85. The van der Waals surface area contributed by atoms with E-state index >= 15 is 0 Å². The van der Waals surface area contributed by atoms with Gasteiger partial charge in [-0.05, 0) is 56.0 Å². The van der Waals surface area contributed by atoms with Crippen molar-refractivity contribution in [2.45, 2.75) is 18.7 Å². The topological polar surface area (TPSA) is 48.1 Å². The summed E-state index contributed by atoms with van der Waals surface area (Å²) in [7, 11) is 0. The zero-order chi connectivity index (χ0) is 14.7. The highest BCUT2D eigenvalue weighted by Crippen LogP contribution is 2.27. The summed E-state index contributed by atoms with van der Waals surface area (Å²) in [6.07, 6.45) is 2.03. The van der Waals surface area contributed by atoms with Crippen molar-refractivity contribution in [3.05, 3.63) is 47.2 Å². The van der Waals surface area contributed by atoms with Crippen LogP contribution in [0.15, 0.2) is 35.2 Å². The van der Waals surface area contributed by atoms with E-state index in [0.717, 1.165) is 17.0 Å². The second-order valence-corrected chi connectivity index (χ2v) is 5.72. The zero-order valence-electron chi connectivity index (χ0n) is 11.6. The molecule has 0 bridgehead atoms. The lowest BCUT2D eigenvalue weighted by Crippen LogP contribution is -2.14. The quantitative estimate of drug-likeness (QED) is 0.687. The molecule has 20 heavy (non-hydrogen) atoms. The summed E-state index contributed by atoms with van der Waals surface area (Å²) in [4.78, 5) is 5.88. The Labute approximate surface area is 128 Å². The molecule has 0 saturated carbocycles. The molecule has 2 rings (SSSR count). The van der Waals surface area contributed by atoms with Gasteiger partial charge in [-0.25, -0.2) is 4.98 Å². The second kappa shape index (κ2) is 6.24. The fourth-order valence-electron chi connectivity index (χ4n) is 1.93. The van der Waals surface area contributed by atoms with Crippen LogP contribution in [0.25, 0.3) is 0 Å². The van der Waals surface area contributed by atoms with Gasteiger partial charge in [0.2, 0.25) is 5.88 Å². The summed E-state index contributed by atoms with van der Waals surface area (Å²) >= 11 is 6.78. The van der Waals surface area contributed by atoms with Crippen molar-refractivity contribution in [2.24, 2.45) is 5.73 Å². The Morgan fingerprint density at radius 1 is 1.25 bits per heavy atom. The Bertz CT molecular complexity index is 639. The van der Waals surface area contributed by atoms with Crippen LogP contribution in [0.4, 0.5) is 0 Å². The van der Waals surface area contributed by atoms with Gasteiger partial charge < -0.3 is 10.5 Å². The summed E-state index contributed by atoms with van der Waals surface area (Å²) in [5.74, 6) is 1.18. The number of nitrogens with zero attached hydrogens (tertiary/aromatic N) is 1. The van der Waals surface area contributed by atoms with E-state index in [0.29, 0.717) is 16.4 Å². The number of thiocarbonyl (C=S) groups is 1. The van der Waals surface area contributed by atoms with Crippen LogP contribution in [-0.4, -0.2) is 16.2 Å². The standard InChI is InChI=1S/C15H16N2OS2/c1-9-8-10(2)17-15(13(9)14(16)19)18-11-4-6-12(20-3)7-5-11/h4-8H,1-3H3,(H2,16,19).